The lowest BCUT2D eigenvalue weighted by Gasteiger charge is -2.34. The number of furan rings is 1. The van der Waals surface area contributed by atoms with Gasteiger partial charge in [0, 0.05) is 27.5 Å². The predicted octanol–water partition coefficient (Wildman–Crippen LogP) is 8.15. The zero-order chi connectivity index (χ0) is 37.7. The van der Waals surface area contributed by atoms with Crippen molar-refractivity contribution in [1.29, 1.82) is 0 Å². The molecule has 0 unspecified atom stereocenters. The first-order valence-electron chi connectivity index (χ1n) is 18.9. The first-order chi connectivity index (χ1) is 26.9. The number of hydrogen-bond acceptors (Lipinski definition) is 4. The van der Waals surface area contributed by atoms with Gasteiger partial charge in [-0.25, -0.2) is 15.0 Å². The zero-order valence-electron chi connectivity index (χ0n) is 31.8. The largest absolute Gasteiger partial charge is 0.456 e. The van der Waals surface area contributed by atoms with Gasteiger partial charge in [-0.05, 0) is 32.9 Å². The molecule has 0 N–H and O–H groups in total. The minimum atomic E-state index is -2.81. The molecule has 236 valence electrons. The molecule has 50 heavy (non-hydrogen) atoms. The summed E-state index contributed by atoms with van der Waals surface area (Å²) in [5, 5.41) is 6.58. The van der Waals surface area contributed by atoms with Gasteiger partial charge in [-0.2, -0.15) is 0 Å². The second kappa shape index (κ2) is 12.5. The second-order valence-corrected chi connectivity index (χ2v) is 15.8. The Labute approximate surface area is 298 Å². The monoisotopic (exact) mass is 662 g/mol. The average molecular weight is 663 g/mol. The SMILES string of the molecule is [2H]c1c([2H])c([2H])c(-c2nc(-c3ccc([Si](c4ccccc4)(c4ccccc4)c4ccccc4)cc3)nc(-c3cccc4oc5ccccc5c34)n2)c([2H])c1[2H]. The van der Waals surface area contributed by atoms with Gasteiger partial charge in [0.1, 0.15) is 11.2 Å². The Balaban J connectivity index is 1.29. The molecule has 0 atom stereocenters. The van der Waals surface area contributed by atoms with Crippen molar-refractivity contribution in [2.24, 2.45) is 0 Å². The molecule has 0 aliphatic heterocycles. The summed E-state index contributed by atoms with van der Waals surface area (Å²) in [7, 11) is -2.81. The highest BCUT2D eigenvalue weighted by Gasteiger charge is 2.41. The van der Waals surface area contributed by atoms with Crippen molar-refractivity contribution in [2.45, 2.75) is 0 Å². The summed E-state index contributed by atoms with van der Waals surface area (Å²) in [4.78, 5) is 14.7. The zero-order valence-corrected chi connectivity index (χ0v) is 27.8. The molecule has 2 heterocycles. The first kappa shape index (κ1) is 24.7. The standard InChI is InChI=1S/C45H31N3OSi/c1-5-16-32(17-6-1)43-46-44(48-45(47-43)39-25-15-27-41-42(39)38-24-13-14-26-40(38)49-41)33-28-30-37(31-29-33)50(34-18-7-2-8-19-34,35-20-9-3-10-21-35)36-22-11-4-12-23-36/h1-31H/i1D,5D,6D,16D,17D. The van der Waals surface area contributed by atoms with Crippen molar-refractivity contribution in [3.63, 3.8) is 0 Å². The van der Waals surface area contributed by atoms with E-state index < -0.39 is 26.2 Å². The van der Waals surface area contributed by atoms with Crippen molar-refractivity contribution in [3.05, 3.63) is 188 Å². The quantitative estimate of drug-likeness (QED) is 0.128. The Morgan fingerprint density at radius 1 is 0.420 bits per heavy atom. The third-order valence-electron chi connectivity index (χ3n) is 9.20. The Kier molecular flexibility index (Phi) is 6.19. The second-order valence-electron chi connectivity index (χ2n) is 12.0. The number of hydrogen-bond donors (Lipinski definition) is 0. The van der Waals surface area contributed by atoms with E-state index >= 15 is 0 Å². The van der Waals surface area contributed by atoms with Gasteiger partial charge >= 0.3 is 0 Å². The fourth-order valence-electron chi connectivity index (χ4n) is 6.99. The summed E-state index contributed by atoms with van der Waals surface area (Å²) in [5.41, 5.74) is 2.62. The molecule has 0 radical (unpaired) electrons. The fourth-order valence-corrected chi connectivity index (χ4v) is 11.7. The van der Waals surface area contributed by atoms with Crippen LogP contribution in [-0.4, -0.2) is 23.0 Å². The van der Waals surface area contributed by atoms with E-state index in [1.807, 2.05) is 72.8 Å². The van der Waals surface area contributed by atoms with Crippen molar-refractivity contribution >= 4 is 50.8 Å². The minimum Gasteiger partial charge on any atom is -0.456 e. The average Bonchev–Trinajstić information content (AvgIpc) is 3.63. The van der Waals surface area contributed by atoms with Gasteiger partial charge in [0.25, 0.3) is 0 Å². The van der Waals surface area contributed by atoms with Crippen molar-refractivity contribution in [1.82, 2.24) is 15.0 Å². The molecule has 9 rings (SSSR count). The van der Waals surface area contributed by atoms with Crippen LogP contribution >= 0.6 is 0 Å². The molecular formula is C45H31N3OSi. The Morgan fingerprint density at radius 3 is 1.54 bits per heavy atom. The van der Waals surface area contributed by atoms with Crippen LogP contribution in [0.3, 0.4) is 0 Å². The van der Waals surface area contributed by atoms with Gasteiger partial charge in [0.2, 0.25) is 0 Å². The molecule has 5 heteroatoms. The van der Waals surface area contributed by atoms with Crippen molar-refractivity contribution in [3.8, 4) is 34.2 Å². The van der Waals surface area contributed by atoms with Crippen LogP contribution in [0.2, 0.25) is 0 Å². The molecule has 0 bridgehead atoms. The van der Waals surface area contributed by atoms with E-state index in [1.165, 1.54) is 15.6 Å². The van der Waals surface area contributed by atoms with E-state index in [9.17, 15) is 0 Å². The van der Waals surface area contributed by atoms with Crippen LogP contribution in [0, 0.1) is 0 Å². The normalized spacial score (nSPS) is 13.0. The maximum atomic E-state index is 8.80. The molecule has 0 fully saturated rings. The van der Waals surface area contributed by atoms with Crippen LogP contribution in [-0.2, 0) is 0 Å². The molecule has 2 aromatic heterocycles. The van der Waals surface area contributed by atoms with E-state index in [-0.39, 0.29) is 29.3 Å². The summed E-state index contributed by atoms with van der Waals surface area (Å²) in [6.07, 6.45) is 0. The molecule has 0 aliphatic carbocycles. The third kappa shape index (κ3) is 5.03. The van der Waals surface area contributed by atoms with Crippen LogP contribution in [0.25, 0.3) is 56.1 Å². The fraction of sp³-hybridized carbons (Fsp3) is 0. The number of nitrogens with zero attached hydrogens (tertiary/aromatic N) is 3. The summed E-state index contributed by atoms with van der Waals surface area (Å²) < 4.78 is 48.8. The highest BCUT2D eigenvalue weighted by Crippen LogP contribution is 2.36. The number of fused-ring (bicyclic) bond motifs is 3. The Bertz CT molecular complexity index is 2750. The molecular weight excluding hydrogens is 627 g/mol. The lowest BCUT2D eigenvalue weighted by molar-refractivity contribution is 0.669. The minimum absolute atomic E-state index is 0.0209. The van der Waals surface area contributed by atoms with Gasteiger partial charge in [-0.3, -0.25) is 0 Å². The van der Waals surface area contributed by atoms with Crippen LogP contribution in [0.15, 0.2) is 192 Å². The molecule has 0 amide bonds. The van der Waals surface area contributed by atoms with Crippen molar-refractivity contribution < 1.29 is 11.3 Å². The van der Waals surface area contributed by atoms with E-state index in [4.69, 9.17) is 26.2 Å². The van der Waals surface area contributed by atoms with Gasteiger partial charge in [-0.15, -0.1) is 0 Å². The maximum Gasteiger partial charge on any atom is 0.179 e. The summed E-state index contributed by atoms with van der Waals surface area (Å²) >= 11 is 0. The summed E-state index contributed by atoms with van der Waals surface area (Å²) in [6.45, 7) is 0. The lowest BCUT2D eigenvalue weighted by Crippen LogP contribution is -2.74. The van der Waals surface area contributed by atoms with E-state index in [1.54, 1.807) is 0 Å². The number of para-hydroxylation sites is 1. The molecule has 0 saturated carbocycles. The Hall–Kier alpha value is -6.43. The molecule has 4 nitrogen and oxygen atoms in total. The topological polar surface area (TPSA) is 51.8 Å². The first-order valence-corrected chi connectivity index (χ1v) is 18.4. The predicted molar refractivity (Wildman–Crippen MR) is 207 cm³/mol. The third-order valence-corrected chi connectivity index (χ3v) is 14.0. The van der Waals surface area contributed by atoms with E-state index in [0.29, 0.717) is 28.1 Å². The number of rotatable bonds is 7. The van der Waals surface area contributed by atoms with Crippen LogP contribution in [0.4, 0.5) is 0 Å². The van der Waals surface area contributed by atoms with Crippen LogP contribution < -0.4 is 20.7 Å². The molecule has 0 saturated heterocycles. The van der Waals surface area contributed by atoms with E-state index in [2.05, 4.69) is 84.9 Å². The number of benzene rings is 7. The molecule has 9 aromatic rings. The van der Waals surface area contributed by atoms with Gasteiger partial charge in [-0.1, -0.05) is 176 Å². The maximum absolute atomic E-state index is 8.80. The molecule has 0 aliphatic rings. The molecule has 7 aromatic carbocycles. The highest BCUT2D eigenvalue weighted by atomic mass is 28.3. The lowest BCUT2D eigenvalue weighted by atomic mass is 10.1. The smallest absolute Gasteiger partial charge is 0.179 e. The van der Waals surface area contributed by atoms with Gasteiger partial charge in [0.05, 0.1) is 6.85 Å². The summed E-state index contributed by atoms with van der Waals surface area (Å²) in [6, 6.07) is 51.5. The van der Waals surface area contributed by atoms with Crippen LogP contribution in [0.5, 0.6) is 0 Å². The van der Waals surface area contributed by atoms with Crippen LogP contribution in [0.1, 0.15) is 6.85 Å². The van der Waals surface area contributed by atoms with E-state index in [0.717, 1.165) is 16.0 Å². The summed E-state index contributed by atoms with van der Waals surface area (Å²) in [5.74, 6) is 0.566. The number of aromatic nitrogens is 3. The highest BCUT2D eigenvalue weighted by molar-refractivity contribution is 7.19. The van der Waals surface area contributed by atoms with Crippen molar-refractivity contribution in [2.75, 3.05) is 0 Å². The molecule has 0 spiro atoms. The van der Waals surface area contributed by atoms with Gasteiger partial charge in [0.15, 0.2) is 25.5 Å². The van der Waals surface area contributed by atoms with Gasteiger partial charge < -0.3 is 4.42 Å². The Morgan fingerprint density at radius 2 is 0.920 bits per heavy atom.